The van der Waals surface area contributed by atoms with Crippen molar-refractivity contribution in [3.63, 3.8) is 0 Å². The average Bonchev–Trinajstić information content (AvgIpc) is 2.71. The minimum Gasteiger partial charge on any atom is -0.495 e. The maximum absolute atomic E-state index is 12.8. The van der Waals surface area contributed by atoms with E-state index in [0.29, 0.717) is 11.4 Å². The summed E-state index contributed by atoms with van der Waals surface area (Å²) in [5.74, 6) is 0.386. The fraction of sp³-hybridized carbons (Fsp3) is 0.278. The molecule has 1 aliphatic heterocycles. The highest BCUT2D eigenvalue weighted by Gasteiger charge is 2.32. The molecule has 2 N–H and O–H groups in total. The number of nitrogens with one attached hydrogen (secondary N) is 2. The molecule has 0 unspecified atom stereocenters. The third kappa shape index (κ3) is 3.96. The van der Waals surface area contributed by atoms with Crippen LogP contribution in [0.3, 0.4) is 0 Å². The second-order valence-corrected chi connectivity index (χ2v) is 8.83. The van der Waals surface area contributed by atoms with Gasteiger partial charge in [0, 0.05) is 11.1 Å². The summed E-state index contributed by atoms with van der Waals surface area (Å²) in [6, 6.07) is 8.97. The SMILES string of the molecule is COc1ccc(Cl)cc1S(=O)(=O)Nc1ccc2c(c1)OCC(C)(C)C(=O)N2. The molecule has 144 valence electrons. The molecule has 2 aromatic carbocycles. The van der Waals surface area contributed by atoms with Gasteiger partial charge in [0.2, 0.25) is 5.91 Å². The number of amides is 1. The fourth-order valence-corrected chi connectivity index (χ4v) is 3.98. The molecule has 3 rings (SSSR count). The molecule has 0 radical (unpaired) electrons. The predicted molar refractivity (Wildman–Crippen MR) is 103 cm³/mol. The number of hydrogen-bond donors (Lipinski definition) is 2. The van der Waals surface area contributed by atoms with Crippen LogP contribution in [-0.4, -0.2) is 28.0 Å². The van der Waals surface area contributed by atoms with E-state index in [-0.39, 0.29) is 33.9 Å². The van der Waals surface area contributed by atoms with Gasteiger partial charge in [-0.05, 0) is 44.2 Å². The summed E-state index contributed by atoms with van der Waals surface area (Å²) in [7, 11) is -2.57. The number of ether oxygens (including phenoxy) is 2. The third-order valence-corrected chi connectivity index (χ3v) is 5.74. The van der Waals surface area contributed by atoms with Crippen LogP contribution in [0.15, 0.2) is 41.3 Å². The van der Waals surface area contributed by atoms with E-state index in [1.165, 1.54) is 31.4 Å². The Labute approximate surface area is 162 Å². The number of methoxy groups -OCH3 is 1. The minimum atomic E-state index is -3.95. The van der Waals surface area contributed by atoms with Crippen LogP contribution in [0.5, 0.6) is 11.5 Å². The molecule has 0 fully saturated rings. The number of fused-ring (bicyclic) bond motifs is 1. The molecule has 27 heavy (non-hydrogen) atoms. The molecule has 9 heteroatoms. The van der Waals surface area contributed by atoms with E-state index < -0.39 is 15.4 Å². The molecule has 1 amide bonds. The van der Waals surface area contributed by atoms with Gasteiger partial charge in [-0.2, -0.15) is 0 Å². The number of anilines is 2. The lowest BCUT2D eigenvalue weighted by atomic mass is 9.94. The first-order valence-corrected chi connectivity index (χ1v) is 9.93. The lowest BCUT2D eigenvalue weighted by molar-refractivity contribution is -0.124. The monoisotopic (exact) mass is 410 g/mol. The summed E-state index contributed by atoms with van der Waals surface area (Å²) in [6.45, 7) is 3.71. The number of benzene rings is 2. The van der Waals surface area contributed by atoms with Crippen LogP contribution in [0.1, 0.15) is 13.8 Å². The first-order chi connectivity index (χ1) is 12.6. The Kier molecular flexibility index (Phi) is 4.96. The van der Waals surface area contributed by atoms with E-state index in [0.717, 1.165) is 0 Å². The van der Waals surface area contributed by atoms with Gasteiger partial charge in [0.25, 0.3) is 10.0 Å². The van der Waals surface area contributed by atoms with Crippen molar-refractivity contribution in [1.82, 2.24) is 0 Å². The van der Waals surface area contributed by atoms with Gasteiger partial charge in [0.15, 0.2) is 0 Å². The van der Waals surface area contributed by atoms with Crippen LogP contribution in [0.25, 0.3) is 0 Å². The summed E-state index contributed by atoms with van der Waals surface area (Å²) < 4.78 is 38.8. The highest BCUT2D eigenvalue weighted by atomic mass is 35.5. The molecule has 0 saturated carbocycles. The molecule has 2 aromatic rings. The van der Waals surface area contributed by atoms with Crippen LogP contribution in [0, 0.1) is 5.41 Å². The molecule has 0 aromatic heterocycles. The Bertz CT molecular complexity index is 1000. The zero-order chi connectivity index (χ0) is 19.8. The standard InChI is InChI=1S/C18H19ClN2O5S/c1-18(2)10-26-15-9-12(5-6-13(15)20-17(18)22)21-27(23,24)16-8-11(19)4-7-14(16)25-3/h4-9,21H,10H2,1-3H3,(H,20,22). The van der Waals surface area contributed by atoms with Crippen molar-refractivity contribution in [3.8, 4) is 11.5 Å². The highest BCUT2D eigenvalue weighted by Crippen LogP contribution is 2.35. The molecule has 1 aliphatic rings. The molecular weight excluding hydrogens is 392 g/mol. The summed E-state index contributed by atoms with van der Waals surface area (Å²) in [4.78, 5) is 12.1. The first-order valence-electron chi connectivity index (χ1n) is 8.07. The number of carbonyl (C=O) groups excluding carboxylic acids is 1. The van der Waals surface area contributed by atoms with Crippen LogP contribution in [0.2, 0.25) is 5.02 Å². The van der Waals surface area contributed by atoms with E-state index in [1.54, 1.807) is 26.0 Å². The zero-order valence-electron chi connectivity index (χ0n) is 15.0. The fourth-order valence-electron chi connectivity index (χ4n) is 2.49. The van der Waals surface area contributed by atoms with Crippen molar-refractivity contribution in [2.75, 3.05) is 23.8 Å². The number of halogens is 1. The zero-order valence-corrected chi connectivity index (χ0v) is 16.6. The maximum Gasteiger partial charge on any atom is 0.265 e. The van der Waals surface area contributed by atoms with Crippen molar-refractivity contribution in [3.05, 3.63) is 41.4 Å². The molecular formula is C18H19ClN2O5S. The molecule has 1 heterocycles. The number of sulfonamides is 1. The van der Waals surface area contributed by atoms with Crippen LogP contribution in [-0.2, 0) is 14.8 Å². The second-order valence-electron chi connectivity index (χ2n) is 6.74. The second kappa shape index (κ2) is 6.94. The average molecular weight is 411 g/mol. The Balaban J connectivity index is 1.93. The number of rotatable bonds is 4. The molecule has 0 atom stereocenters. The van der Waals surface area contributed by atoms with Gasteiger partial charge in [-0.1, -0.05) is 11.6 Å². The summed E-state index contributed by atoms with van der Waals surface area (Å²) in [6.07, 6.45) is 0. The van der Waals surface area contributed by atoms with Crippen LogP contribution in [0.4, 0.5) is 11.4 Å². The van der Waals surface area contributed by atoms with Crippen LogP contribution < -0.4 is 19.5 Å². The Morgan fingerprint density at radius 1 is 1.22 bits per heavy atom. The Hall–Kier alpha value is -2.45. The van der Waals surface area contributed by atoms with Crippen molar-refractivity contribution in [2.24, 2.45) is 5.41 Å². The number of hydrogen-bond acceptors (Lipinski definition) is 5. The van der Waals surface area contributed by atoms with E-state index in [4.69, 9.17) is 21.1 Å². The topological polar surface area (TPSA) is 93.7 Å². The van der Waals surface area contributed by atoms with Gasteiger partial charge in [-0.3, -0.25) is 9.52 Å². The van der Waals surface area contributed by atoms with E-state index in [2.05, 4.69) is 10.0 Å². The number of carbonyl (C=O) groups is 1. The molecule has 0 spiro atoms. The van der Waals surface area contributed by atoms with Gasteiger partial charge in [0.1, 0.15) is 23.0 Å². The molecule has 0 saturated heterocycles. The summed E-state index contributed by atoms with van der Waals surface area (Å²) >= 11 is 5.93. The molecule has 0 aliphatic carbocycles. The third-order valence-electron chi connectivity index (χ3n) is 4.10. The molecule has 7 nitrogen and oxygen atoms in total. The van der Waals surface area contributed by atoms with E-state index in [9.17, 15) is 13.2 Å². The van der Waals surface area contributed by atoms with Gasteiger partial charge >= 0.3 is 0 Å². The molecule has 0 bridgehead atoms. The summed E-state index contributed by atoms with van der Waals surface area (Å²) in [5.41, 5.74) is 0.0610. The van der Waals surface area contributed by atoms with Crippen molar-refractivity contribution in [1.29, 1.82) is 0 Å². The minimum absolute atomic E-state index is 0.0807. The predicted octanol–water partition coefficient (Wildman–Crippen LogP) is 3.51. The van der Waals surface area contributed by atoms with Crippen molar-refractivity contribution >= 4 is 38.9 Å². The normalized spacial score (nSPS) is 15.8. The van der Waals surface area contributed by atoms with E-state index >= 15 is 0 Å². The maximum atomic E-state index is 12.8. The van der Waals surface area contributed by atoms with Gasteiger partial charge in [-0.25, -0.2) is 8.42 Å². The lowest BCUT2D eigenvalue weighted by Crippen LogP contribution is -2.33. The summed E-state index contributed by atoms with van der Waals surface area (Å²) in [5, 5.41) is 3.05. The van der Waals surface area contributed by atoms with Crippen molar-refractivity contribution < 1.29 is 22.7 Å². The van der Waals surface area contributed by atoms with Crippen LogP contribution >= 0.6 is 11.6 Å². The van der Waals surface area contributed by atoms with Gasteiger partial charge in [0.05, 0.1) is 23.9 Å². The Morgan fingerprint density at radius 2 is 1.96 bits per heavy atom. The van der Waals surface area contributed by atoms with Gasteiger partial charge < -0.3 is 14.8 Å². The van der Waals surface area contributed by atoms with Crippen molar-refractivity contribution in [2.45, 2.75) is 18.7 Å². The van der Waals surface area contributed by atoms with E-state index in [1.807, 2.05) is 0 Å². The quantitative estimate of drug-likeness (QED) is 0.804. The highest BCUT2D eigenvalue weighted by molar-refractivity contribution is 7.92. The first kappa shape index (κ1) is 19.3. The largest absolute Gasteiger partial charge is 0.495 e. The Morgan fingerprint density at radius 3 is 2.67 bits per heavy atom. The van der Waals surface area contributed by atoms with Gasteiger partial charge in [-0.15, -0.1) is 0 Å². The lowest BCUT2D eigenvalue weighted by Gasteiger charge is -2.18. The smallest absolute Gasteiger partial charge is 0.265 e.